The lowest BCUT2D eigenvalue weighted by Gasteiger charge is -2.32. The number of allylic oxidation sites excluding steroid dienone is 2. The molecule has 0 spiro atoms. The summed E-state index contributed by atoms with van der Waals surface area (Å²) >= 11 is 29.5. The minimum absolute atomic E-state index is 0.0155. The summed E-state index contributed by atoms with van der Waals surface area (Å²) in [4.78, 5) is -1.28. The highest BCUT2D eigenvalue weighted by atomic mass is 35.5. The number of benzene rings is 6. The number of alkyl halides is 4. The number of phenolic OH excluding ortho intramolecular Hbond substituents is 3. The summed E-state index contributed by atoms with van der Waals surface area (Å²) in [5.41, 5.74) is 2.13. The zero-order valence-corrected chi connectivity index (χ0v) is 36.4. The lowest BCUT2D eigenvalue weighted by atomic mass is 10.0. The van der Waals surface area contributed by atoms with Gasteiger partial charge in [-0.3, -0.25) is 5.32 Å². The molecular formula is C46H38Cl5F4N3O5. The first-order valence-electron chi connectivity index (χ1n) is 18.7. The molecule has 0 saturated carbocycles. The van der Waals surface area contributed by atoms with E-state index in [-0.39, 0.29) is 51.0 Å². The molecule has 2 atom stereocenters. The minimum atomic E-state index is -4.37. The smallest absolute Gasteiger partial charge is 0.416 e. The molecule has 0 bridgehead atoms. The highest BCUT2D eigenvalue weighted by Gasteiger charge is 2.37. The monoisotopic (exact) mass is 963 g/mol. The number of aliphatic hydroxyl groups is 1. The van der Waals surface area contributed by atoms with Crippen molar-refractivity contribution in [3.63, 3.8) is 0 Å². The van der Waals surface area contributed by atoms with Crippen LogP contribution in [-0.2, 0) is 25.8 Å². The van der Waals surface area contributed by atoms with E-state index in [1.165, 1.54) is 42.5 Å². The molecule has 17 heteroatoms. The minimum Gasteiger partial charge on any atom is -0.508 e. The van der Waals surface area contributed by atoms with Crippen LogP contribution in [0.5, 0.6) is 28.7 Å². The zero-order chi connectivity index (χ0) is 45.7. The molecule has 7 rings (SSSR count). The van der Waals surface area contributed by atoms with Crippen LogP contribution in [0.1, 0.15) is 22.3 Å². The molecule has 1 aliphatic carbocycles. The molecule has 330 valence electrons. The van der Waals surface area contributed by atoms with E-state index in [1.54, 1.807) is 36.4 Å². The Kier molecular flexibility index (Phi) is 17.3. The van der Waals surface area contributed by atoms with Crippen molar-refractivity contribution in [2.24, 2.45) is 0 Å². The van der Waals surface area contributed by atoms with Gasteiger partial charge in [-0.1, -0.05) is 113 Å². The summed E-state index contributed by atoms with van der Waals surface area (Å²) in [5, 5.41) is 48.0. The standard InChI is InChI=1S/C19H17NO3.C14H10Cl2F3NO.C13H11Cl3FNO/c21-15-9-10-18(19(22)12-15)20-13-14-5-4-8-17(11-14)23-16-6-2-1-3-7-16;15-11-5-10(6-12(16)13(11)21)20-7-8-2-1-3-9(4-8)14(17,18)19;14-9-3-1-5-11(17)8(9)7-18-13(16)6-2-4-10(15)12(13)19/h1-12,20-22H,13H2;1-6,20-21H,7H2;1-6,12,18-19H,7H2. The van der Waals surface area contributed by atoms with E-state index in [2.05, 4.69) is 16.0 Å². The molecule has 0 saturated heterocycles. The van der Waals surface area contributed by atoms with Gasteiger partial charge in [-0.2, -0.15) is 13.2 Å². The van der Waals surface area contributed by atoms with Crippen LogP contribution < -0.4 is 20.7 Å². The maximum atomic E-state index is 13.6. The highest BCUT2D eigenvalue weighted by Crippen LogP contribution is 2.36. The van der Waals surface area contributed by atoms with Crippen LogP contribution in [0.3, 0.4) is 0 Å². The number of hydrogen-bond acceptors (Lipinski definition) is 8. The van der Waals surface area contributed by atoms with Gasteiger partial charge < -0.3 is 35.8 Å². The first-order valence-corrected chi connectivity index (χ1v) is 20.6. The number of phenols is 3. The SMILES string of the molecule is OC1C(Cl)=CC=CC1(Cl)NCc1c(F)cccc1Cl.Oc1c(Cl)cc(NCc2cccc(C(F)(F)F)c2)cc1Cl.Oc1ccc(NCc2cccc(Oc3ccccc3)c2)c(O)c1. The van der Waals surface area contributed by atoms with Gasteiger partial charge in [-0.25, -0.2) is 4.39 Å². The average molecular weight is 966 g/mol. The average Bonchev–Trinajstić information content (AvgIpc) is 3.24. The first kappa shape index (κ1) is 48.7. The third kappa shape index (κ3) is 14.4. The molecule has 2 unspecified atom stereocenters. The predicted octanol–water partition coefficient (Wildman–Crippen LogP) is 13.4. The Labute approximate surface area is 385 Å². The lowest BCUT2D eigenvalue weighted by Crippen LogP contribution is -2.49. The second-order valence-corrected chi connectivity index (χ2v) is 15.9. The third-order valence-electron chi connectivity index (χ3n) is 8.96. The summed E-state index contributed by atoms with van der Waals surface area (Å²) < 4.78 is 57.2. The Morgan fingerprint density at radius 1 is 0.667 bits per heavy atom. The number of aromatic hydroxyl groups is 3. The number of ether oxygens (including phenoxy) is 1. The van der Waals surface area contributed by atoms with Crippen LogP contribution in [0.25, 0.3) is 0 Å². The van der Waals surface area contributed by atoms with Gasteiger partial charge in [0.25, 0.3) is 0 Å². The summed E-state index contributed by atoms with van der Waals surface area (Å²) in [6.45, 7) is 0.770. The van der Waals surface area contributed by atoms with Crippen LogP contribution in [0, 0.1) is 5.82 Å². The quantitative estimate of drug-likeness (QED) is 0.0225. The zero-order valence-electron chi connectivity index (χ0n) is 32.7. The Morgan fingerprint density at radius 2 is 1.30 bits per heavy atom. The number of para-hydroxylation sites is 1. The van der Waals surface area contributed by atoms with E-state index in [0.717, 1.165) is 29.2 Å². The second kappa shape index (κ2) is 22.4. The van der Waals surface area contributed by atoms with Gasteiger partial charge in [-0.15, -0.1) is 0 Å². The molecular weight excluding hydrogens is 928 g/mol. The molecule has 63 heavy (non-hydrogen) atoms. The first-order chi connectivity index (χ1) is 29.9. The number of anilines is 2. The number of halogens is 9. The van der Waals surface area contributed by atoms with Crippen molar-refractivity contribution >= 4 is 69.4 Å². The molecule has 0 aromatic heterocycles. The van der Waals surface area contributed by atoms with Crippen molar-refractivity contribution in [3.05, 3.63) is 194 Å². The van der Waals surface area contributed by atoms with Gasteiger partial charge in [0, 0.05) is 42.0 Å². The number of rotatable bonds is 11. The van der Waals surface area contributed by atoms with Gasteiger partial charge in [0.05, 0.1) is 26.3 Å². The van der Waals surface area contributed by atoms with Gasteiger partial charge in [-0.05, 0) is 96.1 Å². The van der Waals surface area contributed by atoms with Crippen LogP contribution in [0.15, 0.2) is 151 Å². The van der Waals surface area contributed by atoms with Crippen molar-refractivity contribution < 1.29 is 42.7 Å². The van der Waals surface area contributed by atoms with E-state index in [4.69, 9.17) is 62.7 Å². The van der Waals surface area contributed by atoms with Gasteiger partial charge in [0.1, 0.15) is 39.9 Å². The Balaban J connectivity index is 0.000000179. The van der Waals surface area contributed by atoms with Gasteiger partial charge >= 0.3 is 6.18 Å². The van der Waals surface area contributed by atoms with Crippen LogP contribution >= 0.6 is 58.0 Å². The van der Waals surface area contributed by atoms with E-state index in [1.807, 2.05) is 54.6 Å². The van der Waals surface area contributed by atoms with Gasteiger partial charge in [0.2, 0.25) is 0 Å². The molecule has 1 aliphatic rings. The van der Waals surface area contributed by atoms with Crippen LogP contribution in [-0.4, -0.2) is 31.5 Å². The highest BCUT2D eigenvalue weighted by molar-refractivity contribution is 6.37. The summed E-state index contributed by atoms with van der Waals surface area (Å²) in [5.74, 6) is 0.923. The lowest BCUT2D eigenvalue weighted by molar-refractivity contribution is -0.137. The molecule has 0 heterocycles. The predicted molar refractivity (Wildman–Crippen MR) is 243 cm³/mol. The molecule has 8 nitrogen and oxygen atoms in total. The maximum Gasteiger partial charge on any atom is 0.416 e. The molecule has 6 aromatic rings. The molecule has 0 fully saturated rings. The van der Waals surface area contributed by atoms with E-state index >= 15 is 0 Å². The summed E-state index contributed by atoms with van der Waals surface area (Å²) in [6, 6.07) is 34.1. The number of hydrogen-bond donors (Lipinski definition) is 7. The Hall–Kier alpha value is -5.31. The molecule has 7 N–H and O–H groups in total. The fourth-order valence-electron chi connectivity index (χ4n) is 5.68. The molecule has 6 aromatic carbocycles. The number of aliphatic hydroxyl groups excluding tert-OH is 1. The van der Waals surface area contributed by atoms with Crippen molar-refractivity contribution in [1.29, 1.82) is 0 Å². The van der Waals surface area contributed by atoms with Crippen LogP contribution in [0.4, 0.5) is 28.9 Å². The number of nitrogens with one attached hydrogen (secondary N) is 3. The van der Waals surface area contributed by atoms with E-state index in [0.29, 0.717) is 28.5 Å². The normalized spacial score (nSPS) is 15.5. The topological polar surface area (TPSA) is 126 Å². The Bertz CT molecular complexity index is 2510. The van der Waals surface area contributed by atoms with Crippen molar-refractivity contribution in [1.82, 2.24) is 5.32 Å². The summed E-state index contributed by atoms with van der Waals surface area (Å²) in [7, 11) is 0. The maximum absolute atomic E-state index is 13.6. The van der Waals surface area contributed by atoms with Crippen molar-refractivity contribution in [2.45, 2.75) is 36.9 Å². The third-order valence-corrected chi connectivity index (χ3v) is 10.7. The fourth-order valence-corrected chi connectivity index (χ4v) is 6.96. The molecule has 0 radical (unpaired) electrons. The second-order valence-electron chi connectivity index (χ2n) is 13.6. The fraction of sp³-hybridized carbons (Fsp3) is 0.130. The van der Waals surface area contributed by atoms with Gasteiger partial charge in [0.15, 0.2) is 5.75 Å². The van der Waals surface area contributed by atoms with E-state index < -0.39 is 28.7 Å². The van der Waals surface area contributed by atoms with Crippen molar-refractivity contribution in [2.75, 3.05) is 10.6 Å². The van der Waals surface area contributed by atoms with Crippen LogP contribution in [0.2, 0.25) is 15.1 Å². The largest absolute Gasteiger partial charge is 0.508 e. The Morgan fingerprint density at radius 3 is 1.97 bits per heavy atom. The molecule has 0 amide bonds. The summed E-state index contributed by atoms with van der Waals surface area (Å²) in [6.07, 6.45) is -0.754. The van der Waals surface area contributed by atoms with Crippen molar-refractivity contribution in [3.8, 4) is 28.7 Å². The van der Waals surface area contributed by atoms with E-state index in [9.17, 15) is 38.0 Å². The molecule has 0 aliphatic heterocycles.